The number of fused-ring (bicyclic) bond motifs is 1. The molecular weight excluding hydrogens is 298 g/mol. The van der Waals surface area contributed by atoms with E-state index < -0.39 is 11.2 Å². The number of carbonyl (C=O) groups is 1. The number of anilines is 1. The van der Waals surface area contributed by atoms with Crippen LogP contribution in [0.4, 0.5) is 5.69 Å². The third-order valence-electron chi connectivity index (χ3n) is 4.17. The molecule has 2 aromatic heterocycles. The predicted molar refractivity (Wildman–Crippen MR) is 86.5 cm³/mol. The van der Waals surface area contributed by atoms with Crippen molar-refractivity contribution in [3.63, 3.8) is 0 Å². The van der Waals surface area contributed by atoms with Crippen LogP contribution >= 0.6 is 0 Å². The van der Waals surface area contributed by atoms with Crippen LogP contribution in [-0.2, 0) is 18.9 Å². The molecule has 23 heavy (non-hydrogen) atoms. The zero-order chi connectivity index (χ0) is 16.6. The molecule has 1 aliphatic rings. The fourth-order valence-electron chi connectivity index (χ4n) is 2.90. The molecule has 0 aromatic carbocycles. The van der Waals surface area contributed by atoms with Gasteiger partial charge in [-0.3, -0.25) is 18.7 Å². The van der Waals surface area contributed by atoms with Crippen LogP contribution in [-0.4, -0.2) is 32.6 Å². The summed E-state index contributed by atoms with van der Waals surface area (Å²) in [4.78, 5) is 40.3. The summed E-state index contributed by atoms with van der Waals surface area (Å²) >= 11 is 0. The van der Waals surface area contributed by atoms with Crippen molar-refractivity contribution in [2.75, 3.05) is 11.9 Å². The number of rotatable bonds is 3. The Morgan fingerprint density at radius 2 is 2.17 bits per heavy atom. The Kier molecular flexibility index (Phi) is 3.99. The second-order valence-electron chi connectivity index (χ2n) is 5.85. The molecule has 0 aliphatic carbocycles. The molecular formula is C15H19N5O3. The summed E-state index contributed by atoms with van der Waals surface area (Å²) in [5, 5.41) is 6.33. The van der Waals surface area contributed by atoms with Crippen LogP contribution in [0.1, 0.15) is 19.3 Å². The largest absolute Gasteiger partial charge is 0.332 e. The smallest absolute Gasteiger partial charge is 0.325 e. The Labute approximate surface area is 132 Å². The normalized spacial score (nSPS) is 17.6. The Bertz CT molecular complexity index is 877. The zero-order valence-electron chi connectivity index (χ0n) is 13.1. The van der Waals surface area contributed by atoms with Gasteiger partial charge in [0.2, 0.25) is 5.91 Å². The first-order valence-electron chi connectivity index (χ1n) is 7.56. The number of hydrogen-bond donors (Lipinski definition) is 2. The Morgan fingerprint density at radius 1 is 1.39 bits per heavy atom. The molecule has 8 heteroatoms. The average molecular weight is 317 g/mol. The molecule has 0 saturated carbocycles. The van der Waals surface area contributed by atoms with Crippen molar-refractivity contribution in [1.29, 1.82) is 0 Å². The van der Waals surface area contributed by atoms with Crippen LogP contribution in [0.2, 0.25) is 0 Å². The minimum atomic E-state index is -0.431. The van der Waals surface area contributed by atoms with E-state index in [2.05, 4.69) is 15.6 Å². The van der Waals surface area contributed by atoms with Crippen LogP contribution in [0.15, 0.2) is 21.9 Å². The van der Waals surface area contributed by atoms with E-state index in [0.29, 0.717) is 23.1 Å². The van der Waals surface area contributed by atoms with Crippen molar-refractivity contribution >= 4 is 22.6 Å². The van der Waals surface area contributed by atoms with E-state index in [9.17, 15) is 14.4 Å². The molecule has 1 fully saturated rings. The molecule has 0 radical (unpaired) electrons. The lowest BCUT2D eigenvalue weighted by atomic mass is 10.1. The maximum Gasteiger partial charge on any atom is 0.332 e. The van der Waals surface area contributed by atoms with Crippen LogP contribution in [0, 0.1) is 0 Å². The molecule has 1 unspecified atom stereocenters. The Balaban J connectivity index is 1.89. The van der Waals surface area contributed by atoms with Gasteiger partial charge in [-0.2, -0.15) is 0 Å². The Morgan fingerprint density at radius 3 is 2.87 bits per heavy atom. The van der Waals surface area contributed by atoms with Crippen molar-refractivity contribution in [2.24, 2.45) is 14.1 Å². The fourth-order valence-corrected chi connectivity index (χ4v) is 2.90. The van der Waals surface area contributed by atoms with E-state index in [0.717, 1.165) is 24.0 Å². The third-order valence-corrected chi connectivity index (χ3v) is 4.17. The minimum Gasteiger partial charge on any atom is -0.325 e. The molecule has 3 rings (SSSR count). The third kappa shape index (κ3) is 2.89. The van der Waals surface area contributed by atoms with Gasteiger partial charge >= 0.3 is 5.69 Å². The first kappa shape index (κ1) is 15.4. The lowest BCUT2D eigenvalue weighted by Crippen LogP contribution is -2.37. The highest BCUT2D eigenvalue weighted by molar-refractivity contribution is 5.92. The van der Waals surface area contributed by atoms with Crippen LogP contribution < -0.4 is 21.9 Å². The first-order valence-corrected chi connectivity index (χ1v) is 7.56. The van der Waals surface area contributed by atoms with E-state index in [1.54, 1.807) is 13.1 Å². The quantitative estimate of drug-likeness (QED) is 0.811. The van der Waals surface area contributed by atoms with Crippen molar-refractivity contribution in [3.05, 3.63) is 33.1 Å². The maximum absolute atomic E-state index is 12.2. The summed E-state index contributed by atoms with van der Waals surface area (Å²) in [5.74, 6) is -0.118. The highest BCUT2D eigenvalue weighted by Crippen LogP contribution is 2.14. The highest BCUT2D eigenvalue weighted by atomic mass is 16.2. The van der Waals surface area contributed by atoms with Crippen molar-refractivity contribution in [3.8, 4) is 0 Å². The van der Waals surface area contributed by atoms with Crippen LogP contribution in [0.5, 0.6) is 0 Å². The molecule has 0 spiro atoms. The number of nitrogens with zero attached hydrogens (tertiary/aromatic N) is 3. The lowest BCUT2D eigenvalue weighted by Gasteiger charge is -2.11. The van der Waals surface area contributed by atoms with Gasteiger partial charge in [0, 0.05) is 26.6 Å². The Hall–Kier alpha value is -2.48. The molecule has 1 atom stereocenters. The number of aromatic nitrogens is 3. The van der Waals surface area contributed by atoms with Crippen LogP contribution in [0.3, 0.4) is 0 Å². The summed E-state index contributed by atoms with van der Waals surface area (Å²) in [7, 11) is 2.97. The van der Waals surface area contributed by atoms with Gasteiger partial charge in [0.1, 0.15) is 5.65 Å². The van der Waals surface area contributed by atoms with Gasteiger partial charge < -0.3 is 10.6 Å². The van der Waals surface area contributed by atoms with Gasteiger partial charge in [-0.25, -0.2) is 9.78 Å². The van der Waals surface area contributed by atoms with Crippen molar-refractivity contribution < 1.29 is 4.79 Å². The summed E-state index contributed by atoms with van der Waals surface area (Å²) in [6.45, 7) is 0.944. The number of nitrogens with one attached hydrogen (secondary N) is 2. The SMILES string of the molecule is Cn1c(=O)c2cc(NC(=O)CC3CCCN3)cnc2n(C)c1=O. The summed E-state index contributed by atoms with van der Waals surface area (Å²) in [5.41, 5.74) is -0.104. The van der Waals surface area contributed by atoms with E-state index in [-0.39, 0.29) is 11.9 Å². The van der Waals surface area contributed by atoms with Gasteiger partial charge in [-0.15, -0.1) is 0 Å². The average Bonchev–Trinajstić information content (AvgIpc) is 3.03. The number of amides is 1. The topological polar surface area (TPSA) is 98.0 Å². The number of pyridine rings is 1. The predicted octanol–water partition coefficient (Wildman–Crippen LogP) is -0.287. The molecule has 1 aliphatic heterocycles. The number of hydrogen-bond acceptors (Lipinski definition) is 5. The molecule has 2 N–H and O–H groups in total. The number of aryl methyl sites for hydroxylation is 1. The minimum absolute atomic E-state index is 0.118. The molecule has 2 aromatic rings. The van der Waals surface area contributed by atoms with Crippen LogP contribution in [0.25, 0.3) is 11.0 Å². The van der Waals surface area contributed by atoms with Gasteiger partial charge in [-0.05, 0) is 25.5 Å². The first-order chi connectivity index (χ1) is 11.0. The zero-order valence-corrected chi connectivity index (χ0v) is 13.1. The summed E-state index contributed by atoms with van der Waals surface area (Å²) in [6, 6.07) is 1.77. The van der Waals surface area contributed by atoms with Gasteiger partial charge in [0.25, 0.3) is 5.56 Å². The van der Waals surface area contributed by atoms with Gasteiger partial charge in [-0.1, -0.05) is 0 Å². The second-order valence-corrected chi connectivity index (χ2v) is 5.85. The highest BCUT2D eigenvalue weighted by Gasteiger charge is 2.18. The fraction of sp³-hybridized carbons (Fsp3) is 0.467. The van der Waals surface area contributed by atoms with Gasteiger partial charge in [0.05, 0.1) is 17.3 Å². The summed E-state index contributed by atoms with van der Waals surface area (Å²) in [6.07, 6.45) is 3.93. The second kappa shape index (κ2) is 5.96. The van der Waals surface area contributed by atoms with E-state index in [4.69, 9.17) is 0 Å². The maximum atomic E-state index is 12.2. The molecule has 0 bridgehead atoms. The van der Waals surface area contributed by atoms with Gasteiger partial charge in [0.15, 0.2) is 0 Å². The monoisotopic (exact) mass is 317 g/mol. The molecule has 1 amide bonds. The number of carbonyl (C=O) groups excluding carboxylic acids is 1. The lowest BCUT2D eigenvalue weighted by molar-refractivity contribution is -0.116. The molecule has 1 saturated heterocycles. The van der Waals surface area contributed by atoms with Crippen molar-refractivity contribution in [2.45, 2.75) is 25.3 Å². The van der Waals surface area contributed by atoms with E-state index >= 15 is 0 Å². The van der Waals surface area contributed by atoms with E-state index in [1.165, 1.54) is 17.8 Å². The molecule has 3 heterocycles. The molecule has 122 valence electrons. The molecule has 8 nitrogen and oxygen atoms in total. The summed E-state index contributed by atoms with van der Waals surface area (Å²) < 4.78 is 2.34. The van der Waals surface area contributed by atoms with Crippen molar-refractivity contribution in [1.82, 2.24) is 19.4 Å². The standard InChI is InChI=1S/C15H19N5O3/c1-19-13-11(14(22)20(2)15(19)23)6-10(8-17-13)18-12(21)7-9-4-3-5-16-9/h6,8-9,16H,3-5,7H2,1-2H3,(H,18,21). The van der Waals surface area contributed by atoms with E-state index in [1.807, 2.05) is 0 Å².